The first-order valence-corrected chi connectivity index (χ1v) is 14.3. The Morgan fingerprint density at radius 1 is 1.13 bits per heavy atom. The quantitative estimate of drug-likeness (QED) is 0.541. The van der Waals surface area contributed by atoms with Crippen LogP contribution in [0.2, 0.25) is 0 Å². The lowest BCUT2D eigenvalue weighted by atomic mass is 9.95. The third-order valence-corrected chi connectivity index (χ3v) is 8.99. The number of benzene rings is 2. The minimum Gasteiger partial charge on any atom is -0.444 e. The molecule has 39 heavy (non-hydrogen) atoms. The number of carbonyl (C=O) groups excluding carboxylic acids is 2. The number of halogens is 1. The molecule has 2 aliphatic carbocycles. The van der Waals surface area contributed by atoms with Gasteiger partial charge in [0.1, 0.15) is 34.5 Å². The van der Waals surface area contributed by atoms with Gasteiger partial charge in [-0.25, -0.2) is 18.1 Å². The molecule has 10 heteroatoms. The number of rotatable bonds is 7. The molecule has 7 atom stereocenters. The second kappa shape index (κ2) is 10.4. The minimum atomic E-state index is -1.31. The molecule has 1 heterocycles. The van der Waals surface area contributed by atoms with Crippen molar-refractivity contribution in [3.63, 3.8) is 0 Å². The fourth-order valence-electron chi connectivity index (χ4n) is 6.17. The van der Waals surface area contributed by atoms with E-state index >= 15 is 4.39 Å². The minimum absolute atomic E-state index is 0.00620. The zero-order valence-electron chi connectivity index (χ0n) is 22.4. The summed E-state index contributed by atoms with van der Waals surface area (Å²) in [5, 5.41) is 12.6. The average Bonchev–Trinajstić information content (AvgIpc) is 3.51. The maximum absolute atomic E-state index is 15.1. The molecule has 8 nitrogen and oxygen atoms in total. The topological polar surface area (TPSA) is 112 Å². The van der Waals surface area contributed by atoms with E-state index in [1.807, 2.05) is 0 Å². The van der Waals surface area contributed by atoms with E-state index in [4.69, 9.17) is 4.74 Å². The van der Waals surface area contributed by atoms with E-state index < -0.39 is 40.6 Å². The number of carbonyl (C=O) groups is 2. The number of ether oxygens (including phenoxy) is 1. The average molecular weight is 553 g/mol. The van der Waals surface area contributed by atoms with Crippen molar-refractivity contribution in [2.45, 2.75) is 68.7 Å². The third kappa shape index (κ3) is 5.43. The Morgan fingerprint density at radius 3 is 2.44 bits per heavy atom. The molecule has 0 spiro atoms. The number of fused-ring (bicyclic) bond motifs is 5. The Bertz CT molecular complexity index is 1350. The van der Waals surface area contributed by atoms with Gasteiger partial charge in [0.05, 0.1) is 11.0 Å². The number of nitrogens with zero attached hydrogens (tertiary/aromatic N) is 2. The van der Waals surface area contributed by atoms with Gasteiger partial charge >= 0.3 is 6.09 Å². The maximum Gasteiger partial charge on any atom is 0.411 e. The third-order valence-electron chi connectivity index (χ3n) is 7.92. The van der Waals surface area contributed by atoms with E-state index in [2.05, 4.69) is 16.1 Å². The zero-order chi connectivity index (χ0) is 28.1. The Kier molecular flexibility index (Phi) is 7.25. The number of nitrogens with one attached hydrogen (secondary N) is 2. The Morgan fingerprint density at radius 2 is 1.82 bits per heavy atom. The fourth-order valence-corrected chi connectivity index (χ4v) is 6.78. The molecule has 1 unspecified atom stereocenters. The van der Waals surface area contributed by atoms with Crippen molar-refractivity contribution in [2.24, 2.45) is 17.8 Å². The SMILES string of the molecule is CNS(=O)c1ccc(-c2ccc(C[C@@H](C#N)NC(=O)[C@@H]3[C@@H]4C[C@@H]([C@H]5C[C@@H]45)N3C(=O)OC(C)(C)C)c(F)c2)cc1. The second-order valence-corrected chi connectivity index (χ2v) is 13.0. The molecule has 2 bridgehead atoms. The van der Waals surface area contributed by atoms with E-state index in [1.165, 1.54) is 6.07 Å². The van der Waals surface area contributed by atoms with Gasteiger partial charge < -0.3 is 10.1 Å². The summed E-state index contributed by atoms with van der Waals surface area (Å²) < 4.78 is 35.2. The van der Waals surface area contributed by atoms with Crippen LogP contribution in [0.25, 0.3) is 11.1 Å². The molecule has 0 radical (unpaired) electrons. The summed E-state index contributed by atoms with van der Waals surface area (Å²) in [5.74, 6) is 0.0389. The Balaban J connectivity index is 1.27. The molecular weight excluding hydrogens is 519 g/mol. The second-order valence-electron chi connectivity index (χ2n) is 11.6. The van der Waals surface area contributed by atoms with Gasteiger partial charge in [-0.1, -0.05) is 24.3 Å². The molecule has 3 fully saturated rings. The summed E-state index contributed by atoms with van der Waals surface area (Å²) in [6.07, 6.45) is 1.27. The van der Waals surface area contributed by atoms with E-state index in [-0.39, 0.29) is 24.3 Å². The van der Waals surface area contributed by atoms with Gasteiger partial charge in [-0.05, 0) is 93.3 Å². The van der Waals surface area contributed by atoms with Gasteiger partial charge in [0.15, 0.2) is 0 Å². The van der Waals surface area contributed by atoms with Gasteiger partial charge in [0.2, 0.25) is 5.91 Å². The summed E-state index contributed by atoms with van der Waals surface area (Å²) in [6.45, 7) is 5.38. The van der Waals surface area contributed by atoms with Crippen LogP contribution < -0.4 is 10.0 Å². The van der Waals surface area contributed by atoms with Crippen molar-refractivity contribution < 1.29 is 22.9 Å². The monoisotopic (exact) mass is 552 g/mol. The zero-order valence-corrected chi connectivity index (χ0v) is 23.3. The summed E-state index contributed by atoms with van der Waals surface area (Å²) >= 11 is 0. The van der Waals surface area contributed by atoms with Crippen LogP contribution >= 0.6 is 0 Å². The van der Waals surface area contributed by atoms with Gasteiger partial charge in [-0.3, -0.25) is 9.69 Å². The molecule has 2 amide bonds. The molecule has 2 aromatic carbocycles. The van der Waals surface area contributed by atoms with Crippen molar-refractivity contribution in [1.82, 2.24) is 14.9 Å². The van der Waals surface area contributed by atoms with E-state index in [9.17, 15) is 19.1 Å². The number of nitriles is 1. The predicted molar refractivity (Wildman–Crippen MR) is 144 cm³/mol. The van der Waals surface area contributed by atoms with E-state index in [1.54, 1.807) is 69.1 Å². The molecule has 3 aliphatic rings. The molecule has 5 rings (SSSR count). The number of hydrogen-bond acceptors (Lipinski definition) is 5. The largest absolute Gasteiger partial charge is 0.444 e. The van der Waals surface area contributed by atoms with Crippen molar-refractivity contribution in [1.29, 1.82) is 5.26 Å². The summed E-state index contributed by atoms with van der Waals surface area (Å²) in [6, 6.07) is 12.2. The molecule has 1 aliphatic heterocycles. The Labute approximate surface area is 230 Å². The summed E-state index contributed by atoms with van der Waals surface area (Å²) in [7, 11) is 0.298. The lowest BCUT2D eigenvalue weighted by molar-refractivity contribution is -0.128. The molecule has 2 N–H and O–H groups in total. The van der Waals surface area contributed by atoms with Crippen molar-refractivity contribution in [3.8, 4) is 17.2 Å². The molecule has 2 aromatic rings. The lowest BCUT2D eigenvalue weighted by Gasteiger charge is -2.35. The van der Waals surface area contributed by atoms with Crippen LogP contribution in [0.5, 0.6) is 0 Å². The van der Waals surface area contributed by atoms with Crippen LogP contribution in [-0.2, 0) is 26.9 Å². The highest BCUT2D eigenvalue weighted by Gasteiger charge is 2.67. The molecular formula is C29H33FN4O4S. The highest BCUT2D eigenvalue weighted by Crippen LogP contribution is 2.63. The summed E-state index contributed by atoms with van der Waals surface area (Å²) in [4.78, 5) is 28.7. The first-order valence-electron chi connectivity index (χ1n) is 13.2. The fraction of sp³-hybridized carbons (Fsp3) is 0.483. The van der Waals surface area contributed by atoms with Crippen LogP contribution in [-0.4, -0.2) is 51.9 Å². The first-order chi connectivity index (χ1) is 18.5. The summed E-state index contributed by atoms with van der Waals surface area (Å²) in [5.41, 5.74) is 1.02. The highest BCUT2D eigenvalue weighted by molar-refractivity contribution is 7.83. The smallest absolute Gasteiger partial charge is 0.411 e. The molecule has 206 valence electrons. The van der Waals surface area contributed by atoms with E-state index in [0.29, 0.717) is 27.9 Å². The predicted octanol–water partition coefficient (Wildman–Crippen LogP) is 3.93. The number of hydrogen-bond donors (Lipinski definition) is 2. The number of amides is 2. The standard InChI is InChI=1S/C29H33FN4O4S/c1-29(2,3)38-28(36)34-25-14-23(21-13-22(21)25)26(34)27(35)33-19(15-31)11-18-6-5-17(12-24(18)30)16-7-9-20(10-8-16)39(37)32-4/h5-10,12,19,21-23,25-26,32H,11,13-14H2,1-4H3,(H,33,35)/t19-,21+,22-,23+,25-,26-,39?/m0/s1. The van der Waals surface area contributed by atoms with E-state index in [0.717, 1.165) is 18.4 Å². The van der Waals surface area contributed by atoms with Crippen molar-refractivity contribution in [2.75, 3.05) is 7.05 Å². The van der Waals surface area contributed by atoms with Gasteiger partial charge in [0, 0.05) is 12.5 Å². The van der Waals surface area contributed by atoms with Crippen LogP contribution in [0.15, 0.2) is 47.4 Å². The molecule has 0 aromatic heterocycles. The van der Waals surface area contributed by atoms with Gasteiger partial charge in [0.25, 0.3) is 0 Å². The highest BCUT2D eigenvalue weighted by atomic mass is 32.2. The lowest BCUT2D eigenvalue weighted by Crippen LogP contribution is -2.56. The van der Waals surface area contributed by atoms with Crippen molar-refractivity contribution >= 4 is 23.0 Å². The number of piperidine rings is 1. The van der Waals surface area contributed by atoms with Crippen LogP contribution in [0.1, 0.15) is 39.2 Å². The van der Waals surface area contributed by atoms with Gasteiger partial charge in [-0.15, -0.1) is 0 Å². The molecule has 2 saturated carbocycles. The van der Waals surface area contributed by atoms with Crippen LogP contribution in [0.4, 0.5) is 9.18 Å². The van der Waals surface area contributed by atoms with Crippen molar-refractivity contribution in [3.05, 3.63) is 53.8 Å². The normalized spacial score (nSPS) is 26.4. The van der Waals surface area contributed by atoms with Crippen LogP contribution in [0.3, 0.4) is 0 Å². The first kappa shape index (κ1) is 27.3. The van der Waals surface area contributed by atoms with Crippen LogP contribution in [0, 0.1) is 34.9 Å². The number of likely N-dealkylation sites (tertiary alicyclic amines) is 1. The maximum atomic E-state index is 15.1. The Hall–Kier alpha value is -3.29. The van der Waals surface area contributed by atoms with Gasteiger partial charge in [-0.2, -0.15) is 5.26 Å². The molecule has 1 saturated heterocycles.